The molecule has 3 heterocycles. The van der Waals surface area contributed by atoms with E-state index in [-0.39, 0.29) is 18.5 Å². The van der Waals surface area contributed by atoms with Crippen LogP contribution in [0.25, 0.3) is 22.3 Å². The standard InChI is InChI=1S/C21H18F2N2O4/c1-10-13(18(28-2)8-19(26)29-3)6-17-20-12(9-25(17)21(10)27)4-11-5-14(22)15(23)7-16(11)24-20/h4-7,18H,8-9H2,1-3H3. The van der Waals surface area contributed by atoms with Crippen LogP contribution in [0.15, 0.2) is 29.1 Å². The molecule has 0 bridgehead atoms. The van der Waals surface area contributed by atoms with Gasteiger partial charge in [-0.3, -0.25) is 9.59 Å². The fraction of sp³-hybridized carbons (Fsp3) is 0.286. The second-order valence-electron chi connectivity index (χ2n) is 6.96. The number of halogens is 2. The van der Waals surface area contributed by atoms with E-state index < -0.39 is 23.7 Å². The lowest BCUT2D eigenvalue weighted by atomic mass is 10.0. The molecule has 150 valence electrons. The van der Waals surface area contributed by atoms with Gasteiger partial charge in [0.05, 0.1) is 43.1 Å². The van der Waals surface area contributed by atoms with Crippen molar-refractivity contribution in [3.8, 4) is 11.4 Å². The number of nitrogens with zero attached hydrogens (tertiary/aromatic N) is 2. The molecule has 29 heavy (non-hydrogen) atoms. The second-order valence-corrected chi connectivity index (χ2v) is 6.96. The first-order valence-corrected chi connectivity index (χ1v) is 8.97. The molecule has 1 unspecified atom stereocenters. The molecule has 1 aliphatic rings. The number of carbonyl (C=O) groups excluding carboxylic acids is 1. The highest BCUT2D eigenvalue weighted by atomic mass is 19.2. The zero-order chi connectivity index (χ0) is 20.9. The topological polar surface area (TPSA) is 70.4 Å². The molecule has 0 spiro atoms. The molecule has 2 aromatic heterocycles. The van der Waals surface area contributed by atoms with Gasteiger partial charge < -0.3 is 14.0 Å². The maximum Gasteiger partial charge on any atom is 0.308 e. The molecular weight excluding hydrogens is 382 g/mol. The molecule has 4 rings (SSSR count). The van der Waals surface area contributed by atoms with E-state index >= 15 is 0 Å². The number of hydrogen-bond acceptors (Lipinski definition) is 5. The summed E-state index contributed by atoms with van der Waals surface area (Å²) in [6.07, 6.45) is -0.698. The Labute approximate surface area is 164 Å². The third-order valence-electron chi connectivity index (χ3n) is 5.30. The van der Waals surface area contributed by atoms with Crippen molar-refractivity contribution < 1.29 is 23.0 Å². The van der Waals surface area contributed by atoms with E-state index in [1.54, 1.807) is 23.6 Å². The van der Waals surface area contributed by atoms with E-state index in [0.29, 0.717) is 33.4 Å². The zero-order valence-corrected chi connectivity index (χ0v) is 16.1. The number of esters is 1. The molecular formula is C21H18F2N2O4. The van der Waals surface area contributed by atoms with E-state index in [2.05, 4.69) is 4.98 Å². The summed E-state index contributed by atoms with van der Waals surface area (Å²) < 4.78 is 38.9. The number of ether oxygens (including phenoxy) is 2. The summed E-state index contributed by atoms with van der Waals surface area (Å²) in [5.74, 6) is -2.39. The molecule has 3 aromatic rings. The predicted molar refractivity (Wildman–Crippen MR) is 102 cm³/mol. The van der Waals surface area contributed by atoms with Gasteiger partial charge in [-0.25, -0.2) is 13.8 Å². The quantitative estimate of drug-likeness (QED) is 0.492. The molecule has 1 aromatic carbocycles. The maximum atomic E-state index is 13.7. The Morgan fingerprint density at radius 1 is 1.21 bits per heavy atom. The van der Waals surface area contributed by atoms with Crippen molar-refractivity contribution in [3.63, 3.8) is 0 Å². The minimum Gasteiger partial charge on any atom is -0.469 e. The van der Waals surface area contributed by atoms with E-state index in [1.807, 2.05) is 0 Å². The van der Waals surface area contributed by atoms with Crippen LogP contribution in [0.2, 0.25) is 0 Å². The van der Waals surface area contributed by atoms with Crippen LogP contribution >= 0.6 is 0 Å². The third kappa shape index (κ3) is 3.09. The molecule has 1 aliphatic heterocycles. The zero-order valence-electron chi connectivity index (χ0n) is 16.1. The van der Waals surface area contributed by atoms with Gasteiger partial charge in [-0.2, -0.15) is 0 Å². The number of fused-ring (bicyclic) bond motifs is 4. The number of methoxy groups -OCH3 is 2. The van der Waals surface area contributed by atoms with Gasteiger partial charge in [-0.05, 0) is 30.7 Å². The van der Waals surface area contributed by atoms with Gasteiger partial charge in [0.25, 0.3) is 5.56 Å². The molecule has 0 radical (unpaired) electrons. The minimum atomic E-state index is -0.984. The summed E-state index contributed by atoms with van der Waals surface area (Å²) in [7, 11) is 2.74. The molecule has 0 saturated carbocycles. The van der Waals surface area contributed by atoms with Gasteiger partial charge in [-0.15, -0.1) is 0 Å². The molecule has 0 amide bonds. The Balaban J connectivity index is 1.89. The van der Waals surface area contributed by atoms with Crippen LogP contribution in [0.5, 0.6) is 0 Å². The number of hydrogen-bond donors (Lipinski definition) is 0. The van der Waals surface area contributed by atoms with E-state index in [0.717, 1.165) is 17.7 Å². The van der Waals surface area contributed by atoms with Crippen LogP contribution in [0, 0.1) is 18.6 Å². The minimum absolute atomic E-state index is 0.0424. The van der Waals surface area contributed by atoms with E-state index in [4.69, 9.17) is 9.47 Å². The van der Waals surface area contributed by atoms with Gasteiger partial charge in [0, 0.05) is 29.7 Å². The Kier molecular flexibility index (Phi) is 4.66. The van der Waals surface area contributed by atoms with Crippen LogP contribution < -0.4 is 5.56 Å². The number of pyridine rings is 2. The normalized spacial score (nSPS) is 13.3. The third-order valence-corrected chi connectivity index (χ3v) is 5.30. The summed E-state index contributed by atoms with van der Waals surface area (Å²) in [5.41, 5.74) is 2.89. The van der Waals surface area contributed by atoms with Gasteiger partial charge in [0.2, 0.25) is 0 Å². The Morgan fingerprint density at radius 2 is 1.93 bits per heavy atom. The van der Waals surface area contributed by atoms with E-state index in [1.165, 1.54) is 14.2 Å². The summed E-state index contributed by atoms with van der Waals surface area (Å²) >= 11 is 0. The van der Waals surface area contributed by atoms with E-state index in [9.17, 15) is 18.4 Å². The van der Waals surface area contributed by atoms with Crippen LogP contribution in [0.4, 0.5) is 8.78 Å². The number of aromatic nitrogens is 2. The molecule has 0 N–H and O–H groups in total. The lowest BCUT2D eigenvalue weighted by Crippen LogP contribution is -2.25. The van der Waals surface area contributed by atoms with Crippen LogP contribution in [-0.4, -0.2) is 29.7 Å². The smallest absolute Gasteiger partial charge is 0.308 e. The van der Waals surface area contributed by atoms with Crippen molar-refractivity contribution in [1.29, 1.82) is 0 Å². The van der Waals surface area contributed by atoms with Crippen molar-refractivity contribution in [3.05, 3.63) is 62.9 Å². The number of benzene rings is 1. The lowest BCUT2D eigenvalue weighted by molar-refractivity contribution is -0.143. The predicted octanol–water partition coefficient (Wildman–Crippen LogP) is 3.26. The first-order chi connectivity index (χ1) is 13.8. The number of carbonyl (C=O) groups is 1. The van der Waals surface area contributed by atoms with Crippen LogP contribution in [-0.2, 0) is 20.8 Å². The summed E-state index contributed by atoms with van der Waals surface area (Å²) in [6.45, 7) is 1.95. The largest absolute Gasteiger partial charge is 0.469 e. The van der Waals surface area contributed by atoms with Crippen molar-refractivity contribution in [1.82, 2.24) is 9.55 Å². The van der Waals surface area contributed by atoms with Gasteiger partial charge in [-0.1, -0.05) is 0 Å². The Hall–Kier alpha value is -3.13. The summed E-state index contributed by atoms with van der Waals surface area (Å²) in [4.78, 5) is 29.2. The highest BCUT2D eigenvalue weighted by molar-refractivity contribution is 5.84. The van der Waals surface area contributed by atoms with Crippen molar-refractivity contribution in [2.75, 3.05) is 14.2 Å². The Morgan fingerprint density at radius 3 is 2.62 bits per heavy atom. The van der Waals surface area contributed by atoms with Crippen molar-refractivity contribution >= 4 is 16.9 Å². The van der Waals surface area contributed by atoms with Gasteiger partial charge >= 0.3 is 5.97 Å². The maximum absolute atomic E-state index is 13.7. The highest BCUT2D eigenvalue weighted by Gasteiger charge is 2.27. The SMILES string of the molecule is COC(=O)CC(OC)c1cc2n(c(=O)c1C)Cc1cc3cc(F)c(F)cc3nc1-2. The second kappa shape index (κ2) is 7.04. The van der Waals surface area contributed by atoms with Crippen LogP contribution in [0.1, 0.15) is 29.2 Å². The monoisotopic (exact) mass is 400 g/mol. The average molecular weight is 400 g/mol. The fourth-order valence-corrected chi connectivity index (χ4v) is 3.74. The summed E-state index contributed by atoms with van der Waals surface area (Å²) in [5, 5.41) is 0.459. The summed E-state index contributed by atoms with van der Waals surface area (Å²) in [6, 6.07) is 5.61. The molecule has 0 fully saturated rings. The Bertz CT molecular complexity index is 1220. The molecule has 1 atom stereocenters. The first kappa shape index (κ1) is 19.2. The van der Waals surface area contributed by atoms with Crippen molar-refractivity contribution in [2.45, 2.75) is 26.0 Å². The number of rotatable bonds is 4. The lowest BCUT2D eigenvalue weighted by Gasteiger charge is -2.18. The molecule has 8 heteroatoms. The average Bonchev–Trinajstić information content (AvgIpc) is 3.05. The highest BCUT2D eigenvalue weighted by Crippen LogP contribution is 2.35. The first-order valence-electron chi connectivity index (χ1n) is 8.97. The van der Waals surface area contributed by atoms with Gasteiger partial charge in [0.15, 0.2) is 11.6 Å². The molecule has 6 nitrogen and oxygen atoms in total. The van der Waals surface area contributed by atoms with Crippen molar-refractivity contribution in [2.24, 2.45) is 0 Å². The van der Waals surface area contributed by atoms with Crippen LogP contribution in [0.3, 0.4) is 0 Å². The molecule has 0 aliphatic carbocycles. The molecule has 0 saturated heterocycles. The van der Waals surface area contributed by atoms with Gasteiger partial charge in [0.1, 0.15) is 0 Å². The fourth-order valence-electron chi connectivity index (χ4n) is 3.74.